The predicted octanol–water partition coefficient (Wildman–Crippen LogP) is -0.128. The van der Waals surface area contributed by atoms with Gasteiger partial charge in [-0.15, -0.1) is 0 Å². The molecule has 1 heterocycles. The molecule has 6 nitrogen and oxygen atoms in total. The molecule has 1 rings (SSSR count). The van der Waals surface area contributed by atoms with E-state index in [0.717, 1.165) is 11.3 Å². The molecular weight excluding hydrogens is 196 g/mol. The average molecular weight is 202 g/mol. The maximum absolute atomic E-state index is 10.7. The Hall–Kier alpha value is -1.63. The van der Waals surface area contributed by atoms with Gasteiger partial charge in [0, 0.05) is 5.38 Å². The van der Waals surface area contributed by atoms with E-state index < -0.39 is 5.97 Å². The minimum absolute atomic E-state index is 0.143. The van der Waals surface area contributed by atoms with Gasteiger partial charge < -0.3 is 14.9 Å². The van der Waals surface area contributed by atoms with E-state index in [1.165, 1.54) is 12.5 Å². The lowest BCUT2D eigenvalue weighted by atomic mass is 10.3. The minimum Gasteiger partial charge on any atom is -0.476 e. The topological polar surface area (TPSA) is 91.8 Å². The molecule has 0 bridgehead atoms. The minimum atomic E-state index is -1.25. The summed E-state index contributed by atoms with van der Waals surface area (Å²) < 4.78 is 0. The number of nitrogens with one attached hydrogen (secondary N) is 1. The lowest BCUT2D eigenvalue weighted by Gasteiger charge is -1.94. The first-order chi connectivity index (χ1) is 6.15. The number of hydrogen-bond donors (Lipinski definition) is 2. The van der Waals surface area contributed by atoms with Gasteiger partial charge in [0.05, 0.1) is 5.69 Å². The highest BCUT2D eigenvalue weighted by Gasteiger charge is 2.15. The Morgan fingerprint density at radius 2 is 2.46 bits per heavy atom. The molecular formula is C6H6N2O4S. The van der Waals surface area contributed by atoms with Crippen LogP contribution in [0.15, 0.2) is 15.3 Å². The Labute approximate surface area is 76.5 Å². The van der Waals surface area contributed by atoms with Crippen molar-refractivity contribution in [1.29, 1.82) is 0 Å². The van der Waals surface area contributed by atoms with E-state index in [9.17, 15) is 9.59 Å². The fourth-order valence-corrected chi connectivity index (χ4v) is 1.26. The summed E-state index contributed by atoms with van der Waals surface area (Å²) in [5, 5.41) is 13.3. The monoisotopic (exact) mass is 202 g/mol. The van der Waals surface area contributed by atoms with Crippen molar-refractivity contribution in [3.05, 3.63) is 20.7 Å². The second-order valence-corrected chi connectivity index (χ2v) is 2.83. The van der Waals surface area contributed by atoms with Crippen molar-refractivity contribution in [2.24, 2.45) is 5.16 Å². The summed E-state index contributed by atoms with van der Waals surface area (Å²) >= 11 is 0.865. The molecule has 70 valence electrons. The van der Waals surface area contributed by atoms with E-state index in [4.69, 9.17) is 5.11 Å². The summed E-state index contributed by atoms with van der Waals surface area (Å²) in [4.78, 5) is 27.6. The van der Waals surface area contributed by atoms with Gasteiger partial charge in [0.1, 0.15) is 7.11 Å². The summed E-state index contributed by atoms with van der Waals surface area (Å²) in [6.45, 7) is 0. The van der Waals surface area contributed by atoms with Gasteiger partial charge >= 0.3 is 10.8 Å². The largest absolute Gasteiger partial charge is 0.476 e. The Bertz CT molecular complexity index is 391. The molecule has 0 atom stereocenters. The Morgan fingerprint density at radius 1 is 1.77 bits per heavy atom. The van der Waals surface area contributed by atoms with Crippen LogP contribution < -0.4 is 4.87 Å². The number of H-pyrrole nitrogens is 1. The van der Waals surface area contributed by atoms with Gasteiger partial charge in [-0.25, -0.2) is 4.79 Å². The van der Waals surface area contributed by atoms with Crippen LogP contribution in [-0.2, 0) is 9.63 Å². The van der Waals surface area contributed by atoms with E-state index in [2.05, 4.69) is 15.0 Å². The number of hydrogen-bond acceptors (Lipinski definition) is 5. The second-order valence-electron chi connectivity index (χ2n) is 1.99. The Morgan fingerprint density at radius 3 is 2.85 bits per heavy atom. The molecule has 7 heteroatoms. The Kier molecular flexibility index (Phi) is 2.80. The second kappa shape index (κ2) is 3.85. The number of carboxylic acids is 1. The average Bonchev–Trinajstić information content (AvgIpc) is 2.46. The van der Waals surface area contributed by atoms with Gasteiger partial charge in [-0.3, -0.25) is 4.79 Å². The zero-order valence-electron chi connectivity index (χ0n) is 6.60. The Balaban J connectivity index is 3.09. The highest BCUT2D eigenvalue weighted by atomic mass is 32.1. The molecule has 0 radical (unpaired) electrons. The molecule has 0 aromatic carbocycles. The maximum Gasteiger partial charge on any atom is 0.360 e. The van der Waals surface area contributed by atoms with E-state index in [1.807, 2.05) is 0 Å². The van der Waals surface area contributed by atoms with Crippen molar-refractivity contribution < 1.29 is 14.7 Å². The first-order valence-electron chi connectivity index (χ1n) is 3.17. The third-order valence-electron chi connectivity index (χ3n) is 1.16. The van der Waals surface area contributed by atoms with Crippen molar-refractivity contribution in [2.45, 2.75) is 0 Å². The van der Waals surface area contributed by atoms with Crippen LogP contribution in [0.1, 0.15) is 5.69 Å². The number of rotatable bonds is 3. The lowest BCUT2D eigenvalue weighted by molar-refractivity contribution is -0.129. The van der Waals surface area contributed by atoms with Gasteiger partial charge in [-0.2, -0.15) is 0 Å². The van der Waals surface area contributed by atoms with Crippen molar-refractivity contribution in [1.82, 2.24) is 4.98 Å². The number of aromatic amines is 1. The SMILES string of the molecule is CO/N=C(/C(=O)O)c1csc(=O)[nH]1. The summed E-state index contributed by atoms with van der Waals surface area (Å²) in [7, 11) is 1.23. The van der Waals surface area contributed by atoms with Crippen LogP contribution in [0.3, 0.4) is 0 Å². The number of aliphatic carboxylic acids is 1. The van der Waals surface area contributed by atoms with Gasteiger partial charge in [0.2, 0.25) is 5.71 Å². The van der Waals surface area contributed by atoms with Crippen molar-refractivity contribution in [2.75, 3.05) is 7.11 Å². The highest BCUT2D eigenvalue weighted by molar-refractivity contribution is 7.07. The van der Waals surface area contributed by atoms with Crippen molar-refractivity contribution >= 4 is 23.0 Å². The number of nitrogens with zero attached hydrogens (tertiary/aromatic N) is 1. The molecule has 1 aromatic rings. The summed E-state index contributed by atoms with van der Waals surface area (Å²) in [6.07, 6.45) is 0. The van der Waals surface area contributed by atoms with Crippen LogP contribution in [-0.4, -0.2) is 28.9 Å². The maximum atomic E-state index is 10.7. The highest BCUT2D eigenvalue weighted by Crippen LogP contribution is 1.99. The zero-order chi connectivity index (χ0) is 9.84. The molecule has 0 saturated carbocycles. The van der Waals surface area contributed by atoms with Crippen molar-refractivity contribution in [3.63, 3.8) is 0 Å². The molecule has 0 aliphatic carbocycles. The quantitative estimate of drug-likeness (QED) is 0.527. The molecule has 0 spiro atoms. The first kappa shape index (κ1) is 9.46. The summed E-state index contributed by atoms with van der Waals surface area (Å²) in [5.41, 5.74) is -0.176. The van der Waals surface area contributed by atoms with Crippen molar-refractivity contribution in [3.8, 4) is 0 Å². The molecule has 13 heavy (non-hydrogen) atoms. The molecule has 0 amide bonds. The predicted molar refractivity (Wildman–Crippen MR) is 46.1 cm³/mol. The molecule has 0 unspecified atom stereocenters. The molecule has 0 saturated heterocycles. The number of thiazole rings is 1. The number of carbonyl (C=O) groups is 1. The van der Waals surface area contributed by atoms with Crippen LogP contribution >= 0.6 is 11.3 Å². The number of carboxylic acid groups (broad SMARTS) is 1. The van der Waals surface area contributed by atoms with Crippen LogP contribution in [0.4, 0.5) is 0 Å². The van der Waals surface area contributed by atoms with Crippen LogP contribution in [0, 0.1) is 0 Å². The van der Waals surface area contributed by atoms with Gasteiger partial charge in [0.15, 0.2) is 0 Å². The summed E-state index contributed by atoms with van der Waals surface area (Å²) in [6, 6.07) is 0. The lowest BCUT2D eigenvalue weighted by Crippen LogP contribution is -2.16. The standard InChI is InChI=1S/C6H6N2O4S/c1-12-8-4(5(9)10)3-2-13-6(11)7-3/h2H,1H3,(H,7,11)(H,9,10)/b8-4+. The fraction of sp³-hybridized carbons (Fsp3) is 0.167. The van der Waals surface area contributed by atoms with Gasteiger partial charge in [-0.1, -0.05) is 16.5 Å². The zero-order valence-corrected chi connectivity index (χ0v) is 7.42. The third-order valence-corrected chi connectivity index (χ3v) is 1.83. The summed E-state index contributed by atoms with van der Waals surface area (Å²) in [5.74, 6) is -1.25. The fourth-order valence-electron chi connectivity index (χ4n) is 0.691. The normalized spacial score (nSPS) is 11.3. The molecule has 0 aliphatic heterocycles. The van der Waals surface area contributed by atoms with E-state index in [-0.39, 0.29) is 16.3 Å². The molecule has 0 fully saturated rings. The van der Waals surface area contributed by atoms with E-state index in [0.29, 0.717) is 0 Å². The van der Waals surface area contributed by atoms with E-state index >= 15 is 0 Å². The molecule has 0 aliphatic rings. The smallest absolute Gasteiger partial charge is 0.360 e. The molecule has 2 N–H and O–H groups in total. The number of oxime groups is 1. The number of aromatic nitrogens is 1. The third kappa shape index (κ3) is 2.15. The molecule has 1 aromatic heterocycles. The van der Waals surface area contributed by atoms with Crippen LogP contribution in [0.5, 0.6) is 0 Å². The first-order valence-corrected chi connectivity index (χ1v) is 4.05. The van der Waals surface area contributed by atoms with Gasteiger partial charge in [-0.05, 0) is 0 Å². The van der Waals surface area contributed by atoms with E-state index in [1.54, 1.807) is 0 Å². The van der Waals surface area contributed by atoms with Crippen LogP contribution in [0.2, 0.25) is 0 Å². The van der Waals surface area contributed by atoms with Crippen LogP contribution in [0.25, 0.3) is 0 Å². The van der Waals surface area contributed by atoms with Gasteiger partial charge in [0.25, 0.3) is 0 Å².